The maximum atomic E-state index is 12.6. The van der Waals surface area contributed by atoms with E-state index in [-0.39, 0.29) is 18.3 Å². The normalized spacial score (nSPS) is 10.9. The minimum Gasteiger partial charge on any atom is -0.451 e. The van der Waals surface area contributed by atoms with E-state index in [9.17, 15) is 9.59 Å². The van der Waals surface area contributed by atoms with Gasteiger partial charge in [0.1, 0.15) is 0 Å². The highest BCUT2D eigenvalue weighted by Crippen LogP contribution is 2.26. The van der Waals surface area contributed by atoms with Gasteiger partial charge in [0.2, 0.25) is 5.82 Å². The molecule has 0 aliphatic heterocycles. The number of nitrogens with zero attached hydrogens (tertiary/aromatic N) is 2. The molecule has 0 radical (unpaired) electrons. The highest BCUT2D eigenvalue weighted by Gasteiger charge is 2.24. The maximum absolute atomic E-state index is 12.6. The Bertz CT molecular complexity index is 1200. The Hall–Kier alpha value is -3.45. The van der Waals surface area contributed by atoms with Crippen LogP contribution < -0.4 is 0 Å². The fourth-order valence-electron chi connectivity index (χ4n) is 2.92. The molecule has 140 valence electrons. The van der Waals surface area contributed by atoms with E-state index in [1.165, 1.54) is 0 Å². The van der Waals surface area contributed by atoms with Gasteiger partial charge in [-0.1, -0.05) is 47.1 Å². The number of fused-ring (bicyclic) bond motifs is 1. The highest BCUT2D eigenvalue weighted by atomic mass is 35.5. The van der Waals surface area contributed by atoms with Crippen molar-refractivity contribution in [3.63, 3.8) is 0 Å². The Kier molecular flexibility index (Phi) is 4.67. The van der Waals surface area contributed by atoms with Gasteiger partial charge >= 0.3 is 5.97 Å². The van der Waals surface area contributed by atoms with Gasteiger partial charge in [-0.3, -0.25) is 4.79 Å². The molecule has 1 N–H and O–H groups in total. The Morgan fingerprint density at radius 3 is 2.71 bits per heavy atom. The zero-order valence-electron chi connectivity index (χ0n) is 14.7. The Morgan fingerprint density at radius 2 is 1.89 bits per heavy atom. The summed E-state index contributed by atoms with van der Waals surface area (Å²) >= 11 is 6.10. The molecule has 0 bridgehead atoms. The first-order chi connectivity index (χ1) is 13.5. The zero-order valence-corrected chi connectivity index (χ0v) is 15.5. The molecule has 7 nitrogen and oxygen atoms in total. The van der Waals surface area contributed by atoms with E-state index in [1.807, 2.05) is 12.1 Å². The second-order valence-electron chi connectivity index (χ2n) is 6.07. The molecule has 0 fully saturated rings. The number of ether oxygens (including phenoxy) is 1. The molecule has 28 heavy (non-hydrogen) atoms. The molecule has 0 unspecified atom stereocenters. The van der Waals surface area contributed by atoms with Crippen molar-refractivity contribution >= 4 is 34.3 Å². The van der Waals surface area contributed by atoms with E-state index in [4.69, 9.17) is 20.9 Å². The number of hydrogen-bond donors (Lipinski definition) is 1. The first kappa shape index (κ1) is 17.9. The summed E-state index contributed by atoms with van der Waals surface area (Å²) in [4.78, 5) is 32.0. The summed E-state index contributed by atoms with van der Waals surface area (Å²) in [7, 11) is 0. The second kappa shape index (κ2) is 7.28. The van der Waals surface area contributed by atoms with Gasteiger partial charge in [0.15, 0.2) is 6.61 Å². The number of ketones is 1. The molecular formula is C20H14ClN3O4. The molecule has 4 aromatic rings. The number of hydrogen-bond acceptors (Lipinski definition) is 6. The fraction of sp³-hybridized carbons (Fsp3) is 0.100. The van der Waals surface area contributed by atoms with Crippen molar-refractivity contribution in [3.05, 3.63) is 70.6 Å². The van der Waals surface area contributed by atoms with Gasteiger partial charge in [-0.2, -0.15) is 4.98 Å². The van der Waals surface area contributed by atoms with Crippen molar-refractivity contribution in [1.29, 1.82) is 0 Å². The van der Waals surface area contributed by atoms with Crippen LogP contribution in [0.15, 0.2) is 53.1 Å². The lowest BCUT2D eigenvalue weighted by Gasteiger charge is -2.02. The van der Waals surface area contributed by atoms with Crippen LogP contribution in [-0.2, 0) is 16.1 Å². The largest absolute Gasteiger partial charge is 0.451 e. The summed E-state index contributed by atoms with van der Waals surface area (Å²) in [5.74, 6) is -1.39. The average Bonchev–Trinajstić information content (AvgIpc) is 3.29. The summed E-state index contributed by atoms with van der Waals surface area (Å²) < 4.78 is 10.2. The molecular weight excluding hydrogens is 382 g/mol. The number of para-hydroxylation sites is 1. The number of H-pyrrole nitrogens is 1. The molecule has 0 amide bonds. The quantitative estimate of drug-likeness (QED) is 0.310. The number of aromatic nitrogens is 3. The van der Waals surface area contributed by atoms with Crippen molar-refractivity contribution in [2.75, 3.05) is 0 Å². The van der Waals surface area contributed by atoms with Crippen LogP contribution >= 0.6 is 11.6 Å². The minimum absolute atomic E-state index is 0.131. The molecule has 2 aromatic carbocycles. The van der Waals surface area contributed by atoms with Crippen LogP contribution in [0.5, 0.6) is 0 Å². The van der Waals surface area contributed by atoms with Crippen LogP contribution in [0.2, 0.25) is 5.02 Å². The molecule has 0 spiro atoms. The number of carbonyl (C=O) groups excluding carboxylic acids is 2. The third-order valence-corrected chi connectivity index (χ3v) is 4.54. The Morgan fingerprint density at radius 1 is 1.14 bits per heavy atom. The van der Waals surface area contributed by atoms with Gasteiger partial charge in [0.05, 0.1) is 16.1 Å². The molecule has 2 aromatic heterocycles. The summed E-state index contributed by atoms with van der Waals surface area (Å²) in [5, 5.41) is 4.88. The van der Waals surface area contributed by atoms with Gasteiger partial charge in [-0.15, -0.1) is 0 Å². The van der Waals surface area contributed by atoms with Crippen LogP contribution in [0.4, 0.5) is 0 Å². The van der Waals surface area contributed by atoms with Crippen molar-refractivity contribution < 1.29 is 18.8 Å². The van der Waals surface area contributed by atoms with E-state index in [2.05, 4.69) is 15.1 Å². The topological polar surface area (TPSA) is 98.1 Å². The lowest BCUT2D eigenvalue weighted by atomic mass is 10.1. The van der Waals surface area contributed by atoms with Crippen molar-refractivity contribution in [3.8, 4) is 11.5 Å². The maximum Gasteiger partial charge on any atom is 0.380 e. The molecule has 0 aliphatic carbocycles. The molecule has 8 heteroatoms. The van der Waals surface area contributed by atoms with Crippen LogP contribution in [0.1, 0.15) is 21.9 Å². The van der Waals surface area contributed by atoms with Crippen LogP contribution in [0.25, 0.3) is 22.4 Å². The number of rotatable bonds is 5. The standard InChI is InChI=1S/C20H14ClN3O4/c1-11-17(13-7-3-5-9-15(13)22-11)18(25)20(26)27-10-16-23-19(28-24-16)12-6-2-4-8-14(12)21/h2-9,22H,10H2,1H3. The number of nitrogens with one attached hydrogen (secondary N) is 1. The van der Waals surface area contributed by atoms with Gasteiger partial charge in [0, 0.05) is 16.6 Å². The average molecular weight is 396 g/mol. The van der Waals surface area contributed by atoms with Crippen LogP contribution in [0.3, 0.4) is 0 Å². The molecule has 0 saturated heterocycles. The van der Waals surface area contributed by atoms with Gasteiger partial charge in [0.25, 0.3) is 11.7 Å². The highest BCUT2D eigenvalue weighted by molar-refractivity contribution is 6.43. The van der Waals surface area contributed by atoms with E-state index in [0.717, 1.165) is 5.52 Å². The van der Waals surface area contributed by atoms with Crippen molar-refractivity contribution in [2.24, 2.45) is 0 Å². The lowest BCUT2D eigenvalue weighted by molar-refractivity contribution is -0.139. The molecule has 0 aliphatic rings. The lowest BCUT2D eigenvalue weighted by Crippen LogP contribution is -2.18. The number of aromatic amines is 1. The number of halogens is 1. The van der Waals surface area contributed by atoms with Crippen molar-refractivity contribution in [2.45, 2.75) is 13.5 Å². The monoisotopic (exact) mass is 395 g/mol. The van der Waals surface area contributed by atoms with E-state index < -0.39 is 11.8 Å². The summed E-state index contributed by atoms with van der Waals surface area (Å²) in [6.45, 7) is 1.44. The summed E-state index contributed by atoms with van der Waals surface area (Å²) in [6.07, 6.45) is 0. The van der Waals surface area contributed by atoms with Gasteiger partial charge < -0.3 is 14.2 Å². The zero-order chi connectivity index (χ0) is 19.7. The minimum atomic E-state index is -0.989. The third-order valence-electron chi connectivity index (χ3n) is 4.21. The predicted molar refractivity (Wildman–Crippen MR) is 102 cm³/mol. The van der Waals surface area contributed by atoms with E-state index in [0.29, 0.717) is 27.2 Å². The first-order valence-electron chi connectivity index (χ1n) is 8.41. The summed E-state index contributed by atoms with van der Waals surface area (Å²) in [5.41, 5.74) is 2.24. The molecule has 0 atom stereocenters. The molecule has 0 saturated carbocycles. The van der Waals surface area contributed by atoms with E-state index >= 15 is 0 Å². The van der Waals surface area contributed by atoms with E-state index in [1.54, 1.807) is 43.3 Å². The first-order valence-corrected chi connectivity index (χ1v) is 8.78. The van der Waals surface area contributed by atoms with Crippen molar-refractivity contribution in [1.82, 2.24) is 15.1 Å². The number of esters is 1. The second-order valence-corrected chi connectivity index (χ2v) is 6.48. The number of benzene rings is 2. The number of carbonyl (C=O) groups is 2. The fourth-order valence-corrected chi connectivity index (χ4v) is 3.14. The Balaban J connectivity index is 1.48. The van der Waals surface area contributed by atoms with Gasteiger partial charge in [-0.25, -0.2) is 4.79 Å². The number of aryl methyl sites for hydroxylation is 1. The smallest absolute Gasteiger partial charge is 0.380 e. The summed E-state index contributed by atoms with van der Waals surface area (Å²) in [6, 6.07) is 14.2. The third kappa shape index (κ3) is 3.27. The predicted octanol–water partition coefficient (Wildman–Crippen LogP) is 4.11. The van der Waals surface area contributed by atoms with Gasteiger partial charge in [-0.05, 0) is 25.1 Å². The molecule has 2 heterocycles. The molecule has 4 rings (SSSR count). The Labute approximate surface area is 164 Å². The van der Waals surface area contributed by atoms with Crippen LogP contribution in [0, 0.1) is 6.92 Å². The van der Waals surface area contributed by atoms with Crippen LogP contribution in [-0.4, -0.2) is 26.9 Å². The SMILES string of the molecule is Cc1[nH]c2ccccc2c1C(=O)C(=O)OCc1noc(-c2ccccc2Cl)n1. The number of Topliss-reactive ketones (excluding diaryl/α,β-unsaturated/α-hetero) is 1.